The first-order valence-electron chi connectivity index (χ1n) is 8.26. The van der Waals surface area contributed by atoms with Gasteiger partial charge >= 0.3 is 11.9 Å². The number of hydrogen-bond donors (Lipinski definition) is 3. The summed E-state index contributed by atoms with van der Waals surface area (Å²) in [6, 6.07) is 0. The highest BCUT2D eigenvalue weighted by Gasteiger charge is 2.26. The highest BCUT2D eigenvalue weighted by Crippen LogP contribution is 2.36. The van der Waals surface area contributed by atoms with E-state index in [1.165, 1.54) is 0 Å². The molecule has 11 heteroatoms. The molecule has 0 fully saturated rings. The van der Waals surface area contributed by atoms with Gasteiger partial charge in [0.25, 0.3) is 5.56 Å². The van der Waals surface area contributed by atoms with E-state index in [1.807, 2.05) is 0 Å². The van der Waals surface area contributed by atoms with Crippen molar-refractivity contribution in [2.75, 3.05) is 6.61 Å². The largest absolute Gasteiger partial charge is 0.494 e. The van der Waals surface area contributed by atoms with Gasteiger partial charge in [0.2, 0.25) is 5.88 Å². The number of carbonyl (C=O) groups excluding carboxylic acids is 2. The van der Waals surface area contributed by atoms with Crippen LogP contribution in [-0.2, 0) is 9.47 Å². The monoisotopic (exact) mass is 425 g/mol. The maximum atomic E-state index is 12.4. The van der Waals surface area contributed by atoms with Gasteiger partial charge in [-0.05, 0) is 45.5 Å². The Morgan fingerprint density at radius 3 is 2.57 bits per heavy atom. The minimum atomic E-state index is -0.657. The number of esters is 2. The standard InChI is InChI=1S/C17H19N3O6S2/c1-5-25-15(23)10-8(4)11(16(24)26-7(2)3)28-14(10)18-6-9-12(21)19-17(27)20-13(9)22/h6-7H,5H2,1-4H3,(H3,19,20,21,22,27). The van der Waals surface area contributed by atoms with Crippen LogP contribution in [0, 0.1) is 11.7 Å². The van der Waals surface area contributed by atoms with Crippen LogP contribution in [0.1, 0.15) is 51.9 Å². The molecule has 0 aliphatic heterocycles. The number of H-pyrrole nitrogens is 2. The van der Waals surface area contributed by atoms with Gasteiger partial charge in [0.15, 0.2) is 4.77 Å². The third-order valence-electron chi connectivity index (χ3n) is 3.41. The van der Waals surface area contributed by atoms with Crippen molar-refractivity contribution >= 4 is 46.7 Å². The molecule has 0 saturated carbocycles. The number of aromatic hydroxyl groups is 1. The lowest BCUT2D eigenvalue weighted by Gasteiger charge is -2.07. The first kappa shape index (κ1) is 21.5. The molecule has 2 aromatic rings. The number of nitrogens with one attached hydrogen (secondary N) is 2. The Bertz CT molecular complexity index is 1050. The molecule has 0 aromatic carbocycles. The van der Waals surface area contributed by atoms with Gasteiger partial charge in [-0.3, -0.25) is 9.78 Å². The number of hydrogen-bond acceptors (Lipinski definition) is 9. The summed E-state index contributed by atoms with van der Waals surface area (Å²) in [5.41, 5.74) is -0.374. The summed E-state index contributed by atoms with van der Waals surface area (Å²) in [4.78, 5) is 45.7. The van der Waals surface area contributed by atoms with Gasteiger partial charge in [-0.15, -0.1) is 11.3 Å². The lowest BCUT2D eigenvalue weighted by Crippen LogP contribution is -2.13. The van der Waals surface area contributed by atoms with E-state index < -0.39 is 23.4 Å². The Morgan fingerprint density at radius 2 is 2.00 bits per heavy atom. The van der Waals surface area contributed by atoms with Crippen LogP contribution in [0.4, 0.5) is 5.00 Å². The van der Waals surface area contributed by atoms with Gasteiger partial charge in [0.1, 0.15) is 21.0 Å². The third-order valence-corrected chi connectivity index (χ3v) is 4.79. The fourth-order valence-electron chi connectivity index (χ4n) is 2.22. The van der Waals surface area contributed by atoms with E-state index in [-0.39, 0.29) is 38.5 Å². The molecule has 0 radical (unpaired) electrons. The van der Waals surface area contributed by atoms with Crippen molar-refractivity contribution in [2.45, 2.75) is 33.8 Å². The van der Waals surface area contributed by atoms with Gasteiger partial charge in [-0.2, -0.15) is 0 Å². The number of aromatic nitrogens is 2. The van der Waals surface area contributed by atoms with E-state index in [2.05, 4.69) is 15.0 Å². The van der Waals surface area contributed by atoms with Crippen LogP contribution in [0.15, 0.2) is 9.79 Å². The Kier molecular flexibility index (Phi) is 6.86. The van der Waals surface area contributed by atoms with E-state index in [1.54, 1.807) is 27.7 Å². The average Bonchev–Trinajstić information content (AvgIpc) is 2.90. The van der Waals surface area contributed by atoms with E-state index in [4.69, 9.17) is 21.7 Å². The van der Waals surface area contributed by atoms with Crippen molar-refractivity contribution in [3.05, 3.63) is 36.7 Å². The number of carbonyl (C=O) groups is 2. The van der Waals surface area contributed by atoms with Gasteiger partial charge < -0.3 is 19.6 Å². The molecule has 0 aliphatic carbocycles. The average molecular weight is 425 g/mol. The molecule has 0 amide bonds. The van der Waals surface area contributed by atoms with Crippen molar-refractivity contribution in [3.8, 4) is 5.88 Å². The molecule has 28 heavy (non-hydrogen) atoms. The molecule has 9 nitrogen and oxygen atoms in total. The second-order valence-corrected chi connectivity index (χ2v) is 7.25. The van der Waals surface area contributed by atoms with Gasteiger partial charge in [0, 0.05) is 6.21 Å². The number of aliphatic imine (C=N–C) groups is 1. The molecule has 0 bridgehead atoms. The summed E-state index contributed by atoms with van der Waals surface area (Å²) in [7, 11) is 0. The SMILES string of the molecule is CCOC(=O)c1c(N=Cc2c(O)[nH]c(=S)[nH]c2=O)sc(C(=O)OC(C)C)c1C. The topological polar surface area (TPSA) is 134 Å². The van der Waals surface area contributed by atoms with Crippen LogP contribution in [0.3, 0.4) is 0 Å². The predicted molar refractivity (Wildman–Crippen MR) is 107 cm³/mol. The van der Waals surface area contributed by atoms with Gasteiger partial charge in [0.05, 0.1) is 12.7 Å². The first-order chi connectivity index (χ1) is 13.1. The summed E-state index contributed by atoms with van der Waals surface area (Å²) in [6.07, 6.45) is 0.736. The summed E-state index contributed by atoms with van der Waals surface area (Å²) in [6.45, 7) is 6.79. The van der Waals surface area contributed by atoms with E-state index in [9.17, 15) is 19.5 Å². The minimum absolute atomic E-state index is 0.0439. The molecular formula is C17H19N3O6S2. The molecule has 0 atom stereocenters. The van der Waals surface area contributed by atoms with Crippen molar-refractivity contribution in [1.82, 2.24) is 9.97 Å². The Labute approximate surface area is 169 Å². The number of rotatable bonds is 6. The van der Waals surface area contributed by atoms with Crippen molar-refractivity contribution in [3.63, 3.8) is 0 Å². The normalized spacial score (nSPS) is 11.2. The molecule has 0 unspecified atom stereocenters. The molecule has 2 heterocycles. The van der Waals surface area contributed by atoms with E-state index in [0.29, 0.717) is 5.56 Å². The van der Waals surface area contributed by atoms with Crippen LogP contribution in [0.2, 0.25) is 0 Å². The fourth-order valence-corrected chi connectivity index (χ4v) is 3.44. The van der Waals surface area contributed by atoms with Gasteiger partial charge in [-0.1, -0.05) is 0 Å². The molecular weight excluding hydrogens is 406 g/mol. The van der Waals surface area contributed by atoms with Crippen molar-refractivity contribution < 1.29 is 24.2 Å². The lowest BCUT2D eigenvalue weighted by atomic mass is 10.1. The summed E-state index contributed by atoms with van der Waals surface area (Å²) in [5, 5.41) is 10.0. The maximum absolute atomic E-state index is 12.4. The lowest BCUT2D eigenvalue weighted by molar-refractivity contribution is 0.0383. The fraction of sp³-hybridized carbons (Fsp3) is 0.353. The third kappa shape index (κ3) is 4.73. The quantitative estimate of drug-likeness (QED) is 0.368. The molecule has 3 N–H and O–H groups in total. The Morgan fingerprint density at radius 1 is 1.32 bits per heavy atom. The molecule has 0 aliphatic rings. The zero-order chi connectivity index (χ0) is 21.0. The second-order valence-electron chi connectivity index (χ2n) is 5.84. The van der Waals surface area contributed by atoms with Crippen LogP contribution in [0.25, 0.3) is 0 Å². The Balaban J connectivity index is 2.56. The van der Waals surface area contributed by atoms with E-state index >= 15 is 0 Å². The second kappa shape index (κ2) is 8.93. The van der Waals surface area contributed by atoms with Crippen LogP contribution < -0.4 is 5.56 Å². The van der Waals surface area contributed by atoms with Gasteiger partial charge in [-0.25, -0.2) is 14.6 Å². The smallest absolute Gasteiger partial charge is 0.348 e. The van der Waals surface area contributed by atoms with E-state index in [0.717, 1.165) is 17.6 Å². The molecule has 0 spiro atoms. The number of aromatic amines is 2. The Hall–Kier alpha value is -2.79. The number of ether oxygens (including phenoxy) is 2. The van der Waals surface area contributed by atoms with Crippen LogP contribution in [0.5, 0.6) is 5.88 Å². The maximum Gasteiger partial charge on any atom is 0.348 e. The highest BCUT2D eigenvalue weighted by molar-refractivity contribution is 7.71. The summed E-state index contributed by atoms with van der Waals surface area (Å²) in [5.74, 6) is -1.71. The van der Waals surface area contributed by atoms with Crippen LogP contribution in [-0.4, -0.2) is 45.9 Å². The minimum Gasteiger partial charge on any atom is -0.494 e. The molecule has 2 aromatic heterocycles. The van der Waals surface area contributed by atoms with Crippen molar-refractivity contribution in [2.24, 2.45) is 4.99 Å². The summed E-state index contributed by atoms with van der Waals surface area (Å²) < 4.78 is 10.2. The first-order valence-corrected chi connectivity index (χ1v) is 9.49. The van der Waals surface area contributed by atoms with Crippen LogP contribution >= 0.6 is 23.6 Å². The molecule has 2 rings (SSSR count). The number of thiophene rings is 1. The number of nitrogens with zero attached hydrogens (tertiary/aromatic N) is 1. The molecule has 0 saturated heterocycles. The zero-order valence-electron chi connectivity index (χ0n) is 15.6. The zero-order valence-corrected chi connectivity index (χ0v) is 17.2. The van der Waals surface area contributed by atoms with Crippen molar-refractivity contribution in [1.29, 1.82) is 0 Å². The predicted octanol–water partition coefficient (Wildman–Crippen LogP) is 3.00. The summed E-state index contributed by atoms with van der Waals surface area (Å²) >= 11 is 5.69. The highest BCUT2D eigenvalue weighted by atomic mass is 32.1. The molecule has 150 valence electrons.